The van der Waals surface area contributed by atoms with Gasteiger partial charge >= 0.3 is 0 Å². The minimum Gasteiger partial charge on any atom is -0.299 e. The van der Waals surface area contributed by atoms with Gasteiger partial charge in [-0.15, -0.1) is 17.8 Å². The van der Waals surface area contributed by atoms with E-state index in [1.807, 2.05) is 13.1 Å². The van der Waals surface area contributed by atoms with E-state index in [0.717, 1.165) is 24.4 Å². The lowest BCUT2D eigenvalue weighted by Gasteiger charge is -2.09. The molecule has 1 rings (SSSR count). The fraction of sp³-hybridized carbons (Fsp3) is 0.545. The number of hydrogen-bond acceptors (Lipinski definition) is 3. The molecule has 1 N–H and O–H groups in total. The largest absolute Gasteiger partial charge is 0.299 e. The first-order valence-corrected chi connectivity index (χ1v) is 5.68. The Balaban J connectivity index is 2.36. The van der Waals surface area contributed by atoms with Crippen LogP contribution in [0, 0.1) is 19.3 Å². The zero-order valence-electron chi connectivity index (χ0n) is 8.71. The predicted molar refractivity (Wildman–Crippen MR) is 61.2 cm³/mol. The van der Waals surface area contributed by atoms with E-state index in [9.17, 15) is 0 Å². The molecule has 0 saturated heterocycles. The van der Waals surface area contributed by atoms with Crippen molar-refractivity contribution in [1.82, 2.24) is 10.3 Å². The van der Waals surface area contributed by atoms with E-state index >= 15 is 0 Å². The average molecular weight is 208 g/mol. The molecule has 1 aromatic heterocycles. The topological polar surface area (TPSA) is 24.9 Å². The summed E-state index contributed by atoms with van der Waals surface area (Å²) in [6.45, 7) is 4.99. The van der Waals surface area contributed by atoms with Crippen LogP contribution < -0.4 is 5.32 Å². The number of aryl methyl sites for hydroxylation is 1. The first kappa shape index (κ1) is 11.2. The fourth-order valence-corrected chi connectivity index (χ4v) is 1.99. The van der Waals surface area contributed by atoms with E-state index < -0.39 is 0 Å². The van der Waals surface area contributed by atoms with Crippen LogP contribution in [0.3, 0.4) is 0 Å². The molecular formula is C11H16N2S. The van der Waals surface area contributed by atoms with Crippen molar-refractivity contribution in [3.63, 3.8) is 0 Å². The summed E-state index contributed by atoms with van der Waals surface area (Å²) in [5, 5.41) is 4.44. The lowest BCUT2D eigenvalue weighted by molar-refractivity contribution is 0.566. The molecule has 3 heteroatoms. The summed E-state index contributed by atoms with van der Waals surface area (Å²) in [5.41, 5.74) is 0. The molecule has 0 radical (unpaired) electrons. The summed E-state index contributed by atoms with van der Waals surface area (Å²) < 4.78 is 0. The minimum absolute atomic E-state index is 0.197. The maximum atomic E-state index is 5.40. The van der Waals surface area contributed by atoms with Crippen molar-refractivity contribution in [2.75, 3.05) is 0 Å². The Morgan fingerprint density at radius 2 is 2.50 bits per heavy atom. The van der Waals surface area contributed by atoms with Gasteiger partial charge in [0, 0.05) is 17.6 Å². The van der Waals surface area contributed by atoms with Gasteiger partial charge in [-0.3, -0.25) is 5.32 Å². The summed E-state index contributed by atoms with van der Waals surface area (Å²) in [5.74, 6) is 2.75. The van der Waals surface area contributed by atoms with Gasteiger partial charge in [0.25, 0.3) is 0 Å². The van der Waals surface area contributed by atoms with Crippen molar-refractivity contribution in [3.05, 3.63) is 16.1 Å². The highest BCUT2D eigenvalue weighted by Gasteiger charge is 2.03. The van der Waals surface area contributed by atoms with Crippen LogP contribution in [-0.2, 0) is 6.54 Å². The summed E-state index contributed by atoms with van der Waals surface area (Å²) in [6, 6.07) is 0.197. The second-order valence-corrected chi connectivity index (χ2v) is 4.55. The molecule has 76 valence electrons. The van der Waals surface area contributed by atoms with Crippen LogP contribution in [0.4, 0.5) is 0 Å². The van der Waals surface area contributed by atoms with Crippen LogP contribution in [0.2, 0.25) is 0 Å². The van der Waals surface area contributed by atoms with E-state index in [-0.39, 0.29) is 6.04 Å². The third-order valence-corrected chi connectivity index (χ3v) is 2.88. The molecule has 0 spiro atoms. The molecule has 0 aromatic carbocycles. The lowest BCUT2D eigenvalue weighted by Crippen LogP contribution is -2.26. The summed E-state index contributed by atoms with van der Waals surface area (Å²) in [7, 11) is 0. The molecule has 1 unspecified atom stereocenters. The van der Waals surface area contributed by atoms with E-state index in [2.05, 4.69) is 23.1 Å². The van der Waals surface area contributed by atoms with Crippen molar-refractivity contribution < 1.29 is 0 Å². The minimum atomic E-state index is 0.197. The third-order valence-electron chi connectivity index (χ3n) is 1.97. The molecule has 0 aliphatic rings. The molecule has 0 amide bonds. The van der Waals surface area contributed by atoms with E-state index in [1.165, 1.54) is 4.88 Å². The van der Waals surface area contributed by atoms with Gasteiger partial charge in [-0.2, -0.15) is 0 Å². The van der Waals surface area contributed by atoms with Crippen molar-refractivity contribution in [2.45, 2.75) is 39.3 Å². The smallest absolute Gasteiger partial charge is 0.0897 e. The van der Waals surface area contributed by atoms with Gasteiger partial charge in [0.1, 0.15) is 0 Å². The number of terminal acetylenes is 1. The van der Waals surface area contributed by atoms with Crippen LogP contribution in [-0.4, -0.2) is 11.0 Å². The quantitative estimate of drug-likeness (QED) is 0.751. The molecular weight excluding hydrogens is 192 g/mol. The van der Waals surface area contributed by atoms with Gasteiger partial charge in [0.05, 0.1) is 11.0 Å². The Morgan fingerprint density at radius 1 is 1.71 bits per heavy atom. The predicted octanol–water partition coefficient (Wildman–Crippen LogP) is 2.34. The summed E-state index contributed by atoms with van der Waals surface area (Å²) >= 11 is 1.72. The molecule has 1 heterocycles. The van der Waals surface area contributed by atoms with Gasteiger partial charge in [0.15, 0.2) is 0 Å². The van der Waals surface area contributed by atoms with Gasteiger partial charge in [-0.1, -0.05) is 19.3 Å². The van der Waals surface area contributed by atoms with Gasteiger partial charge in [-0.25, -0.2) is 4.98 Å². The highest BCUT2D eigenvalue weighted by atomic mass is 32.1. The Labute approximate surface area is 89.8 Å². The molecule has 0 fully saturated rings. The normalized spacial score (nSPS) is 12.4. The number of rotatable bonds is 5. The highest BCUT2D eigenvalue weighted by molar-refractivity contribution is 7.11. The van der Waals surface area contributed by atoms with Crippen molar-refractivity contribution >= 4 is 11.3 Å². The van der Waals surface area contributed by atoms with Crippen LogP contribution in [0.5, 0.6) is 0 Å². The molecule has 0 aliphatic heterocycles. The number of aromatic nitrogens is 1. The maximum absolute atomic E-state index is 5.40. The van der Waals surface area contributed by atoms with E-state index in [0.29, 0.717) is 0 Å². The number of nitrogens with zero attached hydrogens (tertiary/aromatic N) is 1. The van der Waals surface area contributed by atoms with Crippen LogP contribution in [0.1, 0.15) is 29.7 Å². The molecule has 1 atom stereocenters. The monoisotopic (exact) mass is 208 g/mol. The molecule has 0 bridgehead atoms. The number of hydrogen-bond donors (Lipinski definition) is 1. The lowest BCUT2D eigenvalue weighted by atomic mass is 10.2. The van der Waals surface area contributed by atoms with E-state index in [4.69, 9.17) is 6.42 Å². The standard InChI is InChI=1S/C11H16N2S/c1-4-6-10(5-2)13-8-11-7-12-9(3)14-11/h2,7,10,13H,4,6,8H2,1,3H3. The van der Waals surface area contributed by atoms with Crippen LogP contribution in [0.25, 0.3) is 0 Å². The first-order chi connectivity index (χ1) is 6.76. The Kier molecular flexibility index (Phi) is 4.64. The number of thiazole rings is 1. The zero-order chi connectivity index (χ0) is 10.4. The summed E-state index contributed by atoms with van der Waals surface area (Å²) in [4.78, 5) is 5.44. The fourth-order valence-electron chi connectivity index (χ4n) is 1.24. The van der Waals surface area contributed by atoms with Crippen molar-refractivity contribution in [3.8, 4) is 12.3 Å². The van der Waals surface area contributed by atoms with E-state index in [1.54, 1.807) is 11.3 Å². The van der Waals surface area contributed by atoms with Crippen LogP contribution in [0.15, 0.2) is 6.20 Å². The Morgan fingerprint density at radius 3 is 3.00 bits per heavy atom. The molecule has 0 aliphatic carbocycles. The second-order valence-electron chi connectivity index (χ2n) is 3.23. The average Bonchev–Trinajstić information content (AvgIpc) is 2.59. The first-order valence-electron chi connectivity index (χ1n) is 4.87. The Bertz CT molecular complexity index is 311. The highest BCUT2D eigenvalue weighted by Crippen LogP contribution is 2.11. The van der Waals surface area contributed by atoms with Crippen LogP contribution >= 0.6 is 11.3 Å². The van der Waals surface area contributed by atoms with Gasteiger partial charge < -0.3 is 0 Å². The third kappa shape index (κ3) is 3.49. The SMILES string of the molecule is C#CC(CCC)NCc1cnc(C)s1. The molecule has 1 aromatic rings. The Hall–Kier alpha value is -0.850. The zero-order valence-corrected chi connectivity index (χ0v) is 9.53. The second kappa shape index (κ2) is 5.79. The van der Waals surface area contributed by atoms with Gasteiger partial charge in [-0.05, 0) is 13.3 Å². The molecule has 14 heavy (non-hydrogen) atoms. The maximum Gasteiger partial charge on any atom is 0.0897 e. The molecule has 2 nitrogen and oxygen atoms in total. The summed E-state index contributed by atoms with van der Waals surface area (Å²) in [6.07, 6.45) is 9.46. The van der Waals surface area contributed by atoms with Crippen molar-refractivity contribution in [1.29, 1.82) is 0 Å². The number of nitrogens with one attached hydrogen (secondary N) is 1. The van der Waals surface area contributed by atoms with Gasteiger partial charge in [0.2, 0.25) is 0 Å². The van der Waals surface area contributed by atoms with Crippen molar-refractivity contribution in [2.24, 2.45) is 0 Å². The molecule has 0 saturated carbocycles.